The highest BCUT2D eigenvalue weighted by atomic mass is 35.5. The van der Waals surface area contributed by atoms with Crippen molar-refractivity contribution < 1.29 is 34.9 Å². The van der Waals surface area contributed by atoms with Gasteiger partial charge in [0.15, 0.2) is 5.69 Å². The van der Waals surface area contributed by atoms with E-state index in [-0.39, 0.29) is 10.2 Å². The summed E-state index contributed by atoms with van der Waals surface area (Å²) in [7, 11) is -6.35. The predicted octanol–water partition coefficient (Wildman–Crippen LogP) is 3.25. The zero-order valence-corrected chi connectivity index (χ0v) is 14.4. The molecule has 14 heteroatoms. The Morgan fingerprint density at radius 1 is 1.35 bits per heavy atom. The number of nitrogens with zero attached hydrogens (tertiary/aromatic N) is 3. The highest BCUT2D eigenvalue weighted by Crippen LogP contribution is 2.63. The summed E-state index contributed by atoms with van der Waals surface area (Å²) < 4.78 is 103. The lowest BCUT2D eigenvalue weighted by Gasteiger charge is -2.45. The molecule has 0 bridgehead atoms. The zero-order chi connectivity index (χ0) is 20.3. The molecule has 0 saturated carbocycles. The third kappa shape index (κ3) is 2.24. The summed E-state index contributed by atoms with van der Waals surface area (Å²) in [5, 5.41) is -0.109. The van der Waals surface area contributed by atoms with Crippen LogP contribution in [0.3, 0.4) is 0 Å². The smallest absolute Gasteiger partial charge is 0.283 e. The van der Waals surface area contributed by atoms with Crippen molar-refractivity contribution in [2.45, 2.75) is 21.8 Å². The minimum Gasteiger partial charge on any atom is -0.283 e. The van der Waals surface area contributed by atoms with Gasteiger partial charge in [-0.3, -0.25) is 4.55 Å². The van der Waals surface area contributed by atoms with Crippen molar-refractivity contribution in [1.82, 2.24) is 9.78 Å². The number of alkyl halides is 6. The fraction of sp³-hybridized carbons (Fsp3) is 0.333. The van der Waals surface area contributed by atoms with Gasteiger partial charge in [0, 0.05) is 11.8 Å². The molecule has 3 unspecified atom stereocenters. The largest absolute Gasteiger partial charge is 0.354 e. The molecule has 1 aliphatic carbocycles. The fourth-order valence-corrected chi connectivity index (χ4v) is 3.79. The Balaban J connectivity index is 2.91. The molecule has 142 valence electrons. The third-order valence-corrected chi connectivity index (χ3v) is 5.60. The van der Waals surface area contributed by atoms with Crippen LogP contribution in [0.25, 0.3) is 6.08 Å². The highest BCUT2D eigenvalue weighted by molar-refractivity contribution is 7.87. The normalized spacial score (nSPS) is 34.0. The molecule has 1 N–H and O–H groups in total. The van der Waals surface area contributed by atoms with Crippen LogP contribution in [0.4, 0.5) is 22.0 Å². The van der Waals surface area contributed by atoms with Crippen molar-refractivity contribution in [1.29, 1.82) is 5.26 Å². The first-order valence-electron chi connectivity index (χ1n) is 6.23. The minimum atomic E-state index is -6.35. The third-order valence-electron chi connectivity index (χ3n) is 3.63. The van der Waals surface area contributed by atoms with E-state index in [4.69, 9.17) is 33.0 Å². The predicted molar refractivity (Wildman–Crippen MR) is 80.1 cm³/mol. The van der Waals surface area contributed by atoms with Crippen LogP contribution in [-0.4, -0.2) is 38.8 Å². The van der Waals surface area contributed by atoms with Gasteiger partial charge in [0.25, 0.3) is 5.79 Å². The molecular weight excluding hydrogens is 432 g/mol. The second kappa shape index (κ2) is 5.66. The van der Waals surface area contributed by atoms with Gasteiger partial charge in [-0.15, -0.1) is 0 Å². The molecule has 1 aliphatic rings. The van der Waals surface area contributed by atoms with Gasteiger partial charge in [-0.2, -0.15) is 27.6 Å². The van der Waals surface area contributed by atoms with E-state index in [1.165, 1.54) is 6.07 Å². The Bertz CT molecular complexity index is 971. The Morgan fingerprint density at radius 3 is 2.27 bits per heavy atom. The zero-order valence-electron chi connectivity index (χ0n) is 12.1. The average molecular weight is 438 g/mol. The SMILES string of the molecule is C=Cc1cn(C2(F)C(Cl)=CC(F)(S(=O)(=O)O)C(F)(F)C2(F)Cl)nc1C#N. The van der Waals surface area contributed by atoms with Gasteiger partial charge < -0.3 is 0 Å². The summed E-state index contributed by atoms with van der Waals surface area (Å²) in [6, 6.07) is 1.43. The molecule has 6 nitrogen and oxygen atoms in total. The first-order chi connectivity index (χ1) is 11.6. The molecule has 0 radical (unpaired) electrons. The van der Waals surface area contributed by atoms with E-state index in [1.54, 1.807) is 0 Å². The van der Waals surface area contributed by atoms with Gasteiger partial charge in [-0.1, -0.05) is 35.9 Å². The highest BCUT2D eigenvalue weighted by Gasteiger charge is 2.84. The maximum atomic E-state index is 15.3. The number of allylic oxidation sites excluding steroid dienone is 1. The average Bonchev–Trinajstić information content (AvgIpc) is 2.94. The van der Waals surface area contributed by atoms with Crippen LogP contribution >= 0.6 is 23.2 Å². The quantitative estimate of drug-likeness (QED) is 0.444. The first kappa shape index (κ1) is 20.6. The number of rotatable bonds is 3. The molecule has 26 heavy (non-hydrogen) atoms. The van der Waals surface area contributed by atoms with Crippen LogP contribution in [0, 0.1) is 11.3 Å². The molecule has 1 aromatic heterocycles. The Labute approximate surface area is 152 Å². The topological polar surface area (TPSA) is 96.0 Å². The molecule has 0 saturated heterocycles. The first-order valence-corrected chi connectivity index (χ1v) is 8.43. The van der Waals surface area contributed by atoms with E-state index in [9.17, 15) is 26.0 Å². The van der Waals surface area contributed by atoms with Crippen LogP contribution in [0.1, 0.15) is 11.3 Å². The maximum Gasteiger partial charge on any atom is 0.354 e. The summed E-state index contributed by atoms with van der Waals surface area (Å²) in [5.74, 6) is -10.2. The van der Waals surface area contributed by atoms with Crippen molar-refractivity contribution >= 4 is 39.4 Å². The van der Waals surface area contributed by atoms with Crippen LogP contribution in [0.2, 0.25) is 0 Å². The van der Waals surface area contributed by atoms with E-state index < -0.39 is 48.8 Å². The number of halogens is 7. The molecule has 0 aliphatic heterocycles. The van der Waals surface area contributed by atoms with Crippen molar-refractivity contribution in [3.63, 3.8) is 0 Å². The van der Waals surface area contributed by atoms with E-state index >= 15 is 4.39 Å². The summed E-state index contributed by atoms with van der Waals surface area (Å²) in [6.45, 7) is 3.24. The van der Waals surface area contributed by atoms with E-state index in [0.717, 1.165) is 6.08 Å². The summed E-state index contributed by atoms with van der Waals surface area (Å²) in [6.07, 6.45) is 0.731. The number of hydrogen-bond donors (Lipinski definition) is 1. The summed E-state index contributed by atoms with van der Waals surface area (Å²) in [5.41, 5.74) is -0.833. The van der Waals surface area contributed by atoms with Gasteiger partial charge in [0.05, 0.1) is 5.03 Å². The summed E-state index contributed by atoms with van der Waals surface area (Å²) in [4.78, 5) is 0. The van der Waals surface area contributed by atoms with Crippen LogP contribution in [-0.2, 0) is 15.9 Å². The van der Waals surface area contributed by atoms with Crippen LogP contribution < -0.4 is 0 Å². The van der Waals surface area contributed by atoms with Gasteiger partial charge in [0.2, 0.25) is 0 Å². The maximum absolute atomic E-state index is 15.3. The lowest BCUT2D eigenvalue weighted by molar-refractivity contribution is -0.217. The molecule has 2 rings (SSSR count). The Kier molecular flexibility index (Phi) is 4.49. The van der Waals surface area contributed by atoms with Gasteiger partial charge in [-0.25, -0.2) is 17.9 Å². The molecule has 3 atom stereocenters. The van der Waals surface area contributed by atoms with E-state index in [2.05, 4.69) is 11.7 Å². The second-order valence-corrected chi connectivity index (χ2v) is 7.55. The molecule has 1 heterocycles. The monoisotopic (exact) mass is 437 g/mol. The van der Waals surface area contributed by atoms with Crippen LogP contribution in [0.5, 0.6) is 0 Å². The lowest BCUT2D eigenvalue weighted by Crippen LogP contribution is -2.69. The lowest BCUT2D eigenvalue weighted by atomic mass is 9.91. The Morgan fingerprint density at radius 2 is 1.88 bits per heavy atom. The van der Waals surface area contributed by atoms with Gasteiger partial charge in [0.1, 0.15) is 6.07 Å². The summed E-state index contributed by atoms with van der Waals surface area (Å²) >= 11 is 10.3. The van der Waals surface area contributed by atoms with Crippen molar-refractivity contribution in [3.05, 3.63) is 35.1 Å². The molecule has 0 fully saturated rings. The molecule has 0 amide bonds. The van der Waals surface area contributed by atoms with E-state index in [0.29, 0.717) is 6.20 Å². The number of hydrogen-bond acceptors (Lipinski definition) is 4. The van der Waals surface area contributed by atoms with Gasteiger partial charge in [-0.05, 0) is 6.08 Å². The molecule has 1 aromatic rings. The van der Waals surface area contributed by atoms with E-state index in [1.807, 2.05) is 0 Å². The number of nitriles is 1. The molecule has 0 spiro atoms. The van der Waals surface area contributed by atoms with Crippen molar-refractivity contribution in [2.24, 2.45) is 0 Å². The van der Waals surface area contributed by atoms with Crippen molar-refractivity contribution in [2.75, 3.05) is 0 Å². The molecule has 0 aromatic carbocycles. The minimum absolute atomic E-state index is 0.230. The Hall–Kier alpha value is -1.68. The number of aromatic nitrogens is 2. The molecular formula is C12H6Cl2F5N3O3S. The second-order valence-electron chi connectivity index (χ2n) is 5.08. The fourth-order valence-electron chi connectivity index (χ4n) is 2.19. The van der Waals surface area contributed by atoms with Crippen molar-refractivity contribution in [3.8, 4) is 6.07 Å². The van der Waals surface area contributed by atoms with Gasteiger partial charge >= 0.3 is 26.2 Å². The van der Waals surface area contributed by atoms with Crippen LogP contribution in [0.15, 0.2) is 23.9 Å². The standard InChI is InChI=1S/C12H6Cl2F5N3O3S/c1-2-6-5-22(21-7(6)4-20)10(16)8(13)3-9(15,26(23,24)25)12(18,19)11(10,14)17/h2-3,5H,1H2,(H,23,24,25).